The van der Waals surface area contributed by atoms with E-state index in [4.69, 9.17) is 4.42 Å². The first-order valence-electron chi connectivity index (χ1n) is 8.33. The monoisotopic (exact) mass is 451 g/mol. The Labute approximate surface area is 161 Å². The first-order valence-corrected chi connectivity index (χ1v) is 9.40. The zero-order valence-corrected chi connectivity index (χ0v) is 16.4. The maximum Gasteiger partial charge on any atom is 0.248 e. The number of furan rings is 1. The van der Waals surface area contributed by atoms with Crippen LogP contribution in [0.5, 0.6) is 0 Å². The number of benzene rings is 1. The number of hydrogen-bond acceptors (Lipinski definition) is 4. The Morgan fingerprint density at radius 1 is 1.24 bits per heavy atom. The van der Waals surface area contributed by atoms with Crippen molar-refractivity contribution in [2.24, 2.45) is 0 Å². The largest absolute Gasteiger partial charge is 0.451 e. The first-order chi connectivity index (χ1) is 12.1. The molecule has 1 aromatic heterocycles. The van der Waals surface area contributed by atoms with E-state index in [1.165, 1.54) is 11.6 Å². The van der Waals surface area contributed by atoms with Crippen molar-refractivity contribution in [3.63, 3.8) is 0 Å². The summed E-state index contributed by atoms with van der Waals surface area (Å²) >= 11 is 2.10. The molecule has 1 amide bonds. The standard InChI is InChI=1S/C19H22IN3O2/c1-22-9-11-23(12-10-22)14-15-3-2-4-16(13-15)21-19(24)8-6-17-5-7-18(20)25-17/h2-8,13H,9-12,14H2,1H3,(H,21,24). The van der Waals surface area contributed by atoms with Gasteiger partial charge in [-0.05, 0) is 65.5 Å². The van der Waals surface area contributed by atoms with Crippen LogP contribution in [0.3, 0.4) is 0 Å². The van der Waals surface area contributed by atoms with Crippen LogP contribution in [-0.2, 0) is 11.3 Å². The second-order valence-electron chi connectivity index (χ2n) is 6.24. The third-order valence-corrected chi connectivity index (χ3v) is 4.77. The highest BCUT2D eigenvalue weighted by Crippen LogP contribution is 2.15. The summed E-state index contributed by atoms with van der Waals surface area (Å²) in [6, 6.07) is 11.7. The van der Waals surface area contributed by atoms with Crippen molar-refractivity contribution in [1.29, 1.82) is 0 Å². The molecule has 0 saturated carbocycles. The second kappa shape index (κ2) is 8.64. The van der Waals surface area contributed by atoms with Crippen LogP contribution >= 0.6 is 22.6 Å². The number of halogens is 1. The Morgan fingerprint density at radius 2 is 2.04 bits per heavy atom. The highest BCUT2D eigenvalue weighted by atomic mass is 127. The minimum atomic E-state index is -0.164. The summed E-state index contributed by atoms with van der Waals surface area (Å²) in [5, 5.41) is 2.91. The second-order valence-corrected chi connectivity index (χ2v) is 7.31. The fourth-order valence-electron chi connectivity index (χ4n) is 2.77. The van der Waals surface area contributed by atoms with Crippen LogP contribution in [0.1, 0.15) is 11.3 Å². The molecule has 0 unspecified atom stereocenters. The summed E-state index contributed by atoms with van der Waals surface area (Å²) in [5.74, 6) is 0.506. The van der Waals surface area contributed by atoms with Crippen LogP contribution < -0.4 is 5.32 Å². The molecule has 3 rings (SSSR count). The molecule has 0 bridgehead atoms. The first kappa shape index (κ1) is 18.2. The van der Waals surface area contributed by atoms with Crippen molar-refractivity contribution in [3.05, 3.63) is 57.6 Å². The Morgan fingerprint density at radius 3 is 2.76 bits per heavy atom. The van der Waals surface area contributed by atoms with Gasteiger partial charge < -0.3 is 14.6 Å². The number of amides is 1. The lowest BCUT2D eigenvalue weighted by Crippen LogP contribution is -2.43. The van der Waals surface area contributed by atoms with Gasteiger partial charge in [-0.15, -0.1) is 0 Å². The highest BCUT2D eigenvalue weighted by molar-refractivity contribution is 14.1. The molecule has 1 aliphatic rings. The molecular formula is C19H22IN3O2. The maximum atomic E-state index is 12.1. The molecule has 6 heteroatoms. The SMILES string of the molecule is CN1CCN(Cc2cccc(NC(=O)C=Cc3ccc(I)o3)c2)CC1. The van der Waals surface area contributed by atoms with Gasteiger partial charge in [-0.1, -0.05) is 12.1 Å². The number of nitrogens with one attached hydrogen (secondary N) is 1. The molecule has 0 aliphatic carbocycles. The lowest BCUT2D eigenvalue weighted by atomic mass is 10.1. The number of carbonyl (C=O) groups is 1. The topological polar surface area (TPSA) is 48.7 Å². The molecule has 132 valence electrons. The normalized spacial score (nSPS) is 16.4. The average molecular weight is 451 g/mol. The molecule has 1 N–H and O–H groups in total. The van der Waals surface area contributed by atoms with E-state index in [2.05, 4.69) is 50.8 Å². The van der Waals surface area contributed by atoms with Crippen molar-refractivity contribution in [3.8, 4) is 0 Å². The van der Waals surface area contributed by atoms with Gasteiger partial charge in [0.25, 0.3) is 0 Å². The summed E-state index contributed by atoms with van der Waals surface area (Å²) < 4.78 is 6.21. The van der Waals surface area contributed by atoms with E-state index in [0.29, 0.717) is 5.76 Å². The van der Waals surface area contributed by atoms with Crippen LogP contribution in [-0.4, -0.2) is 48.9 Å². The molecule has 1 saturated heterocycles. The molecule has 0 spiro atoms. The quantitative estimate of drug-likeness (QED) is 0.560. The number of piperazine rings is 1. The Kier molecular flexibility index (Phi) is 6.28. The Hall–Kier alpha value is -1.64. The summed E-state index contributed by atoms with van der Waals surface area (Å²) in [5.41, 5.74) is 2.03. The molecule has 5 nitrogen and oxygen atoms in total. The zero-order chi connectivity index (χ0) is 17.6. The van der Waals surface area contributed by atoms with Crippen LogP contribution in [0.25, 0.3) is 6.08 Å². The average Bonchev–Trinajstić information content (AvgIpc) is 3.01. The van der Waals surface area contributed by atoms with E-state index in [9.17, 15) is 4.79 Å². The van der Waals surface area contributed by atoms with Gasteiger partial charge in [0.15, 0.2) is 3.77 Å². The van der Waals surface area contributed by atoms with Gasteiger partial charge in [0.05, 0.1) is 0 Å². The van der Waals surface area contributed by atoms with Crippen LogP contribution in [0, 0.1) is 3.77 Å². The number of likely N-dealkylation sites (N-methyl/N-ethyl adjacent to an activating group) is 1. The van der Waals surface area contributed by atoms with Crippen molar-refractivity contribution < 1.29 is 9.21 Å². The fraction of sp³-hybridized carbons (Fsp3) is 0.316. The van der Waals surface area contributed by atoms with Crippen molar-refractivity contribution in [2.45, 2.75) is 6.54 Å². The van der Waals surface area contributed by atoms with Gasteiger partial charge in [0.1, 0.15) is 5.76 Å². The van der Waals surface area contributed by atoms with Gasteiger partial charge in [-0.3, -0.25) is 9.69 Å². The molecular weight excluding hydrogens is 429 g/mol. The van der Waals surface area contributed by atoms with E-state index in [1.54, 1.807) is 6.08 Å². The summed E-state index contributed by atoms with van der Waals surface area (Å²) in [6.45, 7) is 5.29. The predicted molar refractivity (Wildman–Crippen MR) is 108 cm³/mol. The predicted octanol–water partition coefficient (Wildman–Crippen LogP) is 3.28. The Bertz CT molecular complexity index is 749. The van der Waals surface area contributed by atoms with Gasteiger partial charge in [0, 0.05) is 44.5 Å². The Balaban J connectivity index is 1.55. The smallest absolute Gasteiger partial charge is 0.248 e. The van der Waals surface area contributed by atoms with Crippen LogP contribution in [0.2, 0.25) is 0 Å². The number of carbonyl (C=O) groups excluding carboxylic acids is 1. The lowest BCUT2D eigenvalue weighted by molar-refractivity contribution is -0.111. The minimum absolute atomic E-state index is 0.164. The molecule has 0 atom stereocenters. The molecule has 1 aliphatic heterocycles. The number of anilines is 1. The van der Waals surface area contributed by atoms with Crippen molar-refractivity contribution in [2.75, 3.05) is 38.5 Å². The number of rotatable bonds is 5. The van der Waals surface area contributed by atoms with Crippen molar-refractivity contribution >= 4 is 40.3 Å². The molecule has 2 aromatic rings. The van der Waals surface area contributed by atoms with Crippen LogP contribution in [0.4, 0.5) is 5.69 Å². The third kappa shape index (κ3) is 5.69. The molecule has 1 aromatic carbocycles. The molecule has 2 heterocycles. The maximum absolute atomic E-state index is 12.1. The molecule has 1 fully saturated rings. The fourth-order valence-corrected chi connectivity index (χ4v) is 3.21. The zero-order valence-electron chi connectivity index (χ0n) is 14.2. The van der Waals surface area contributed by atoms with Gasteiger partial charge >= 0.3 is 0 Å². The third-order valence-electron chi connectivity index (χ3n) is 4.19. The van der Waals surface area contributed by atoms with Gasteiger partial charge in [-0.25, -0.2) is 0 Å². The summed E-state index contributed by atoms with van der Waals surface area (Å²) in [7, 11) is 2.16. The van der Waals surface area contributed by atoms with E-state index in [1.807, 2.05) is 30.3 Å². The number of hydrogen-bond donors (Lipinski definition) is 1. The van der Waals surface area contributed by atoms with Gasteiger partial charge in [0.2, 0.25) is 5.91 Å². The highest BCUT2D eigenvalue weighted by Gasteiger charge is 2.13. The van der Waals surface area contributed by atoms with E-state index >= 15 is 0 Å². The minimum Gasteiger partial charge on any atom is -0.451 e. The molecule has 0 radical (unpaired) electrons. The van der Waals surface area contributed by atoms with E-state index in [-0.39, 0.29) is 5.91 Å². The number of nitrogens with zero attached hydrogens (tertiary/aromatic N) is 2. The van der Waals surface area contributed by atoms with E-state index < -0.39 is 0 Å². The summed E-state index contributed by atoms with van der Waals surface area (Å²) in [6.07, 6.45) is 3.16. The summed E-state index contributed by atoms with van der Waals surface area (Å²) in [4.78, 5) is 16.9. The lowest BCUT2D eigenvalue weighted by Gasteiger charge is -2.32. The van der Waals surface area contributed by atoms with Gasteiger partial charge in [-0.2, -0.15) is 0 Å². The molecule has 25 heavy (non-hydrogen) atoms. The van der Waals surface area contributed by atoms with Crippen LogP contribution in [0.15, 0.2) is 46.9 Å². The van der Waals surface area contributed by atoms with E-state index in [0.717, 1.165) is 42.2 Å². The van der Waals surface area contributed by atoms with Crippen molar-refractivity contribution in [1.82, 2.24) is 9.80 Å².